The number of fused-ring (bicyclic) bond motifs is 1. The molecular weight excluding hydrogens is 266 g/mol. The lowest BCUT2D eigenvalue weighted by atomic mass is 10.1. The quantitative estimate of drug-likeness (QED) is 0.898. The minimum atomic E-state index is 0.0726. The number of anilines is 1. The van der Waals surface area contributed by atoms with E-state index in [2.05, 4.69) is 15.0 Å². The summed E-state index contributed by atoms with van der Waals surface area (Å²) < 4.78 is 0. The Morgan fingerprint density at radius 3 is 2.81 bits per heavy atom. The summed E-state index contributed by atoms with van der Waals surface area (Å²) in [6.07, 6.45) is 6.69. The van der Waals surface area contributed by atoms with Crippen LogP contribution in [0.25, 0.3) is 0 Å². The molecule has 0 aliphatic carbocycles. The molecule has 6 nitrogen and oxygen atoms in total. The van der Waals surface area contributed by atoms with Crippen molar-refractivity contribution in [2.75, 3.05) is 32.1 Å². The van der Waals surface area contributed by atoms with Crippen LogP contribution in [0, 0.1) is 0 Å². The van der Waals surface area contributed by atoms with E-state index >= 15 is 0 Å². The van der Waals surface area contributed by atoms with Gasteiger partial charge in [-0.3, -0.25) is 4.79 Å². The summed E-state index contributed by atoms with van der Waals surface area (Å²) in [6, 6.07) is 1.81. The van der Waals surface area contributed by atoms with Crippen LogP contribution < -0.4 is 4.90 Å². The van der Waals surface area contributed by atoms with Gasteiger partial charge in [0, 0.05) is 51.6 Å². The number of nitrogens with zero attached hydrogens (tertiary/aromatic N) is 4. The molecule has 0 radical (unpaired) electrons. The zero-order valence-corrected chi connectivity index (χ0v) is 12.3. The molecule has 2 aromatic rings. The molecule has 3 rings (SSSR count). The Labute approximate surface area is 123 Å². The van der Waals surface area contributed by atoms with Crippen molar-refractivity contribution >= 4 is 11.7 Å². The first-order valence-electron chi connectivity index (χ1n) is 7.09. The summed E-state index contributed by atoms with van der Waals surface area (Å²) in [4.78, 5) is 28.0. The van der Waals surface area contributed by atoms with Crippen LogP contribution in [0.15, 0.2) is 24.8 Å². The summed E-state index contributed by atoms with van der Waals surface area (Å²) in [7, 11) is 3.96. The van der Waals surface area contributed by atoms with Crippen LogP contribution in [0.4, 0.5) is 5.82 Å². The van der Waals surface area contributed by atoms with Crippen LogP contribution in [-0.2, 0) is 12.8 Å². The minimum Gasteiger partial charge on any atom is -0.367 e. The average molecular weight is 285 g/mol. The molecule has 0 atom stereocenters. The molecule has 0 fully saturated rings. The van der Waals surface area contributed by atoms with Crippen LogP contribution in [0.2, 0.25) is 0 Å². The zero-order chi connectivity index (χ0) is 14.8. The summed E-state index contributed by atoms with van der Waals surface area (Å²) >= 11 is 0. The Morgan fingerprint density at radius 1 is 1.29 bits per heavy atom. The summed E-state index contributed by atoms with van der Waals surface area (Å²) in [6.45, 7) is 1.39. The van der Waals surface area contributed by atoms with E-state index in [0.717, 1.165) is 29.9 Å². The smallest absolute Gasteiger partial charge is 0.255 e. The summed E-state index contributed by atoms with van der Waals surface area (Å²) in [5.74, 6) is 1.03. The van der Waals surface area contributed by atoms with Crippen LogP contribution in [0.3, 0.4) is 0 Å². The van der Waals surface area contributed by atoms with Gasteiger partial charge in [0.15, 0.2) is 0 Å². The Hall–Kier alpha value is -2.37. The largest absolute Gasteiger partial charge is 0.367 e. The van der Waals surface area contributed by atoms with Crippen molar-refractivity contribution in [3.63, 3.8) is 0 Å². The molecule has 0 spiro atoms. The highest BCUT2D eigenvalue weighted by Gasteiger charge is 2.23. The molecule has 1 aliphatic heterocycles. The molecule has 110 valence electrons. The number of H-pyrrole nitrogens is 1. The molecule has 2 aromatic heterocycles. The number of hydrogen-bond donors (Lipinski definition) is 1. The molecule has 21 heavy (non-hydrogen) atoms. The molecule has 0 saturated heterocycles. The number of carbonyl (C=O) groups is 1. The van der Waals surface area contributed by atoms with E-state index in [1.165, 1.54) is 0 Å². The maximum absolute atomic E-state index is 12.4. The lowest BCUT2D eigenvalue weighted by Gasteiger charge is -2.19. The van der Waals surface area contributed by atoms with Gasteiger partial charge in [0.05, 0.1) is 11.3 Å². The number of hydrogen-bond acceptors (Lipinski definition) is 4. The first-order valence-corrected chi connectivity index (χ1v) is 7.09. The fraction of sp³-hybridized carbons (Fsp3) is 0.400. The predicted molar refractivity (Wildman–Crippen MR) is 80.5 cm³/mol. The van der Waals surface area contributed by atoms with Gasteiger partial charge in [0.1, 0.15) is 12.1 Å². The zero-order valence-electron chi connectivity index (χ0n) is 12.3. The molecule has 3 heterocycles. The number of aromatic amines is 1. The number of amides is 1. The molecular formula is C15H19N5O. The van der Waals surface area contributed by atoms with E-state index in [1.54, 1.807) is 18.7 Å². The van der Waals surface area contributed by atoms with E-state index < -0.39 is 0 Å². The van der Waals surface area contributed by atoms with Gasteiger partial charge in [0.25, 0.3) is 5.91 Å². The number of nitrogens with one attached hydrogen (secondary N) is 1. The first kappa shape index (κ1) is 13.6. The molecule has 1 aliphatic rings. The van der Waals surface area contributed by atoms with Gasteiger partial charge in [-0.1, -0.05) is 0 Å². The highest BCUT2D eigenvalue weighted by Crippen LogP contribution is 2.22. The van der Waals surface area contributed by atoms with Crippen molar-refractivity contribution in [3.8, 4) is 0 Å². The lowest BCUT2D eigenvalue weighted by Crippen LogP contribution is -2.33. The van der Waals surface area contributed by atoms with Gasteiger partial charge in [0.2, 0.25) is 0 Å². The maximum Gasteiger partial charge on any atom is 0.255 e. The van der Waals surface area contributed by atoms with E-state index in [9.17, 15) is 4.79 Å². The highest BCUT2D eigenvalue weighted by molar-refractivity contribution is 5.94. The normalized spacial score (nSPS) is 14.5. The fourth-order valence-electron chi connectivity index (χ4n) is 2.74. The monoisotopic (exact) mass is 285 g/mol. The molecule has 0 bridgehead atoms. The maximum atomic E-state index is 12.4. The van der Waals surface area contributed by atoms with Crippen LogP contribution >= 0.6 is 0 Å². The third kappa shape index (κ3) is 2.61. The SMILES string of the molecule is CN(C)c1ncnc2c1CCN(C(=O)c1cc[nH]c1)CC2. The van der Waals surface area contributed by atoms with Gasteiger partial charge >= 0.3 is 0 Å². The number of rotatable bonds is 2. The third-order valence-electron chi connectivity index (χ3n) is 3.82. The standard InChI is InChI=1S/C15H19N5O/c1-19(2)14-12-4-7-20(8-5-13(12)17-10-18-14)15(21)11-3-6-16-9-11/h3,6,9-10,16H,4-5,7-8H2,1-2H3. The fourth-order valence-corrected chi connectivity index (χ4v) is 2.74. The van der Waals surface area contributed by atoms with Crippen molar-refractivity contribution in [1.82, 2.24) is 19.9 Å². The topological polar surface area (TPSA) is 65.1 Å². The third-order valence-corrected chi connectivity index (χ3v) is 3.82. The summed E-state index contributed by atoms with van der Waals surface area (Å²) in [5, 5.41) is 0. The number of aromatic nitrogens is 3. The van der Waals surface area contributed by atoms with Gasteiger partial charge in [-0.2, -0.15) is 0 Å². The van der Waals surface area contributed by atoms with Crippen LogP contribution in [0.5, 0.6) is 0 Å². The predicted octanol–water partition coefficient (Wildman–Crippen LogP) is 1.11. The van der Waals surface area contributed by atoms with E-state index in [-0.39, 0.29) is 5.91 Å². The Morgan fingerprint density at radius 2 is 2.10 bits per heavy atom. The van der Waals surface area contributed by atoms with Crippen molar-refractivity contribution < 1.29 is 4.79 Å². The average Bonchev–Trinajstić information content (AvgIpc) is 2.92. The second-order valence-electron chi connectivity index (χ2n) is 5.41. The van der Waals surface area contributed by atoms with E-state index in [4.69, 9.17) is 0 Å². The second kappa shape index (κ2) is 5.55. The van der Waals surface area contributed by atoms with Crippen LogP contribution in [-0.4, -0.2) is 52.9 Å². The molecule has 0 unspecified atom stereocenters. The minimum absolute atomic E-state index is 0.0726. The Kier molecular flexibility index (Phi) is 3.60. The highest BCUT2D eigenvalue weighted by atomic mass is 16.2. The van der Waals surface area contributed by atoms with Crippen molar-refractivity contribution in [2.24, 2.45) is 0 Å². The molecule has 0 aromatic carbocycles. The molecule has 1 N–H and O–H groups in total. The Bertz CT molecular complexity index is 636. The van der Waals surface area contributed by atoms with Crippen LogP contribution in [0.1, 0.15) is 21.6 Å². The van der Waals surface area contributed by atoms with Gasteiger partial charge in [-0.05, 0) is 12.5 Å². The van der Waals surface area contributed by atoms with E-state index in [1.807, 2.05) is 30.0 Å². The second-order valence-corrected chi connectivity index (χ2v) is 5.41. The number of carbonyl (C=O) groups excluding carboxylic acids is 1. The van der Waals surface area contributed by atoms with Crippen molar-refractivity contribution in [1.29, 1.82) is 0 Å². The van der Waals surface area contributed by atoms with E-state index in [0.29, 0.717) is 18.7 Å². The van der Waals surface area contributed by atoms with Gasteiger partial charge < -0.3 is 14.8 Å². The van der Waals surface area contributed by atoms with Gasteiger partial charge in [-0.15, -0.1) is 0 Å². The first-order chi connectivity index (χ1) is 10.2. The molecule has 6 heteroatoms. The molecule has 0 saturated carbocycles. The lowest BCUT2D eigenvalue weighted by molar-refractivity contribution is 0.0763. The summed E-state index contributed by atoms with van der Waals surface area (Å²) in [5.41, 5.74) is 2.92. The van der Waals surface area contributed by atoms with Gasteiger partial charge in [-0.25, -0.2) is 9.97 Å². The van der Waals surface area contributed by atoms with Crippen molar-refractivity contribution in [2.45, 2.75) is 12.8 Å². The molecule has 1 amide bonds. The Balaban J connectivity index is 1.83. The van der Waals surface area contributed by atoms with Crippen molar-refractivity contribution in [3.05, 3.63) is 41.6 Å².